The van der Waals surface area contributed by atoms with Gasteiger partial charge < -0.3 is 4.74 Å². The average molecular weight is 409 g/mol. The lowest BCUT2D eigenvalue weighted by atomic mass is 9.98. The topological polar surface area (TPSA) is 79.3 Å². The van der Waals surface area contributed by atoms with Gasteiger partial charge in [-0.25, -0.2) is 5.01 Å². The van der Waals surface area contributed by atoms with Crippen molar-refractivity contribution in [3.63, 3.8) is 0 Å². The lowest BCUT2D eigenvalue weighted by Gasteiger charge is -2.24. The van der Waals surface area contributed by atoms with Gasteiger partial charge in [-0.3, -0.25) is 19.3 Å². The van der Waals surface area contributed by atoms with Crippen LogP contribution < -0.4 is 4.74 Å². The molecule has 0 aromatic heterocycles. The summed E-state index contributed by atoms with van der Waals surface area (Å²) in [6.07, 6.45) is 0.540. The van der Waals surface area contributed by atoms with Crippen LogP contribution in [-0.2, 0) is 9.59 Å². The first-order valence-electron chi connectivity index (χ1n) is 9.13. The second-order valence-electron chi connectivity index (χ2n) is 6.68. The van der Waals surface area contributed by atoms with Gasteiger partial charge in [-0.2, -0.15) is 5.10 Å². The van der Waals surface area contributed by atoms with Crippen molar-refractivity contribution in [3.05, 3.63) is 65.7 Å². The van der Waals surface area contributed by atoms with Crippen LogP contribution in [0.3, 0.4) is 0 Å². The summed E-state index contributed by atoms with van der Waals surface area (Å²) in [6, 6.07) is 16.8. The minimum absolute atomic E-state index is 0.0759. The maximum atomic E-state index is 13.0. The number of hydrogen-bond acceptors (Lipinski definition) is 6. The van der Waals surface area contributed by atoms with Crippen molar-refractivity contribution >= 4 is 34.5 Å². The minimum atomic E-state index is -0.393. The number of thioether (sulfide) groups is 1. The molecule has 1 atom stereocenters. The van der Waals surface area contributed by atoms with Crippen LogP contribution in [-0.4, -0.2) is 52.1 Å². The number of methoxy groups -OCH3 is 1. The van der Waals surface area contributed by atoms with Crippen molar-refractivity contribution < 1.29 is 19.1 Å². The molecule has 2 aliphatic rings. The van der Waals surface area contributed by atoms with Gasteiger partial charge in [0, 0.05) is 6.42 Å². The fourth-order valence-corrected chi connectivity index (χ4v) is 4.10. The molecule has 0 spiro atoms. The Bertz CT molecular complexity index is 959. The fourth-order valence-electron chi connectivity index (χ4n) is 3.37. The van der Waals surface area contributed by atoms with E-state index >= 15 is 0 Å². The predicted octanol–water partition coefficient (Wildman–Crippen LogP) is 3.07. The molecule has 2 heterocycles. The molecule has 0 bridgehead atoms. The molecule has 1 saturated heterocycles. The maximum Gasteiger partial charge on any atom is 0.289 e. The summed E-state index contributed by atoms with van der Waals surface area (Å²) >= 11 is 0.914. The highest BCUT2D eigenvalue weighted by Gasteiger charge is 2.37. The van der Waals surface area contributed by atoms with Crippen molar-refractivity contribution in [2.45, 2.75) is 12.5 Å². The smallest absolute Gasteiger partial charge is 0.289 e. The van der Waals surface area contributed by atoms with Gasteiger partial charge >= 0.3 is 0 Å². The molecule has 3 amide bonds. The summed E-state index contributed by atoms with van der Waals surface area (Å²) in [5.41, 5.74) is 2.63. The highest BCUT2D eigenvalue weighted by Crippen LogP contribution is 2.34. The van der Waals surface area contributed by atoms with Crippen LogP contribution in [0.1, 0.15) is 23.6 Å². The average Bonchev–Trinajstić information content (AvgIpc) is 3.34. The summed E-state index contributed by atoms with van der Waals surface area (Å²) in [4.78, 5) is 37.8. The number of ether oxygens (including phenoxy) is 1. The van der Waals surface area contributed by atoms with E-state index in [0.29, 0.717) is 6.42 Å². The third-order valence-electron chi connectivity index (χ3n) is 4.91. The zero-order chi connectivity index (χ0) is 20.4. The van der Waals surface area contributed by atoms with Crippen molar-refractivity contribution in [2.75, 3.05) is 19.4 Å². The quantitative estimate of drug-likeness (QED) is 0.758. The summed E-state index contributed by atoms with van der Waals surface area (Å²) in [5, 5.41) is 5.57. The third kappa shape index (κ3) is 3.88. The highest BCUT2D eigenvalue weighted by atomic mass is 32.2. The van der Waals surface area contributed by atoms with Crippen LogP contribution in [0.15, 0.2) is 59.7 Å². The summed E-state index contributed by atoms with van der Waals surface area (Å²) in [7, 11) is 1.60. The van der Waals surface area contributed by atoms with Gasteiger partial charge in [0.05, 0.1) is 24.6 Å². The Morgan fingerprint density at radius 1 is 1.14 bits per heavy atom. The van der Waals surface area contributed by atoms with Crippen LogP contribution in [0, 0.1) is 0 Å². The van der Waals surface area contributed by atoms with Crippen LogP contribution in [0.4, 0.5) is 4.79 Å². The zero-order valence-corrected chi connectivity index (χ0v) is 16.6. The Hall–Kier alpha value is -3.13. The van der Waals surface area contributed by atoms with Crippen LogP contribution in [0.25, 0.3) is 0 Å². The summed E-state index contributed by atoms with van der Waals surface area (Å²) in [5.74, 6) is 0.0629. The van der Waals surface area contributed by atoms with Gasteiger partial charge in [0.2, 0.25) is 5.91 Å². The standard InChI is InChI=1S/C21H19N3O4S/c1-28-16-9-7-15(8-10-16)18-11-17(14-5-3-2-4-6-14)22-24(18)19(25)12-23-20(26)13-29-21(23)27/h2-10,18H,11-13H2,1H3. The fraction of sp³-hybridized carbons (Fsp3) is 0.238. The van der Waals surface area contributed by atoms with Crippen molar-refractivity contribution in [1.82, 2.24) is 9.91 Å². The molecule has 4 rings (SSSR count). The largest absolute Gasteiger partial charge is 0.497 e. The molecule has 0 N–H and O–H groups in total. The molecule has 2 aromatic rings. The number of rotatable bonds is 5. The molecule has 148 valence electrons. The van der Waals surface area contributed by atoms with Crippen molar-refractivity contribution in [3.8, 4) is 5.75 Å². The second kappa shape index (κ2) is 8.08. The van der Waals surface area contributed by atoms with E-state index in [1.807, 2.05) is 54.6 Å². The van der Waals surface area contributed by atoms with E-state index in [-0.39, 0.29) is 30.2 Å². The molecular formula is C21H19N3O4S. The van der Waals surface area contributed by atoms with E-state index < -0.39 is 5.24 Å². The summed E-state index contributed by atoms with van der Waals surface area (Å²) in [6.45, 7) is -0.303. The molecule has 2 aromatic carbocycles. The number of hydrogen-bond donors (Lipinski definition) is 0. The van der Waals surface area contributed by atoms with Gasteiger partial charge in [-0.05, 0) is 23.3 Å². The Morgan fingerprint density at radius 3 is 2.48 bits per heavy atom. The third-order valence-corrected chi connectivity index (χ3v) is 5.77. The van der Waals surface area contributed by atoms with Crippen LogP contribution in [0.2, 0.25) is 0 Å². The number of imide groups is 1. The first-order valence-corrected chi connectivity index (χ1v) is 10.1. The minimum Gasteiger partial charge on any atom is -0.497 e. The van der Waals surface area contributed by atoms with Gasteiger partial charge in [-0.1, -0.05) is 54.2 Å². The normalized spacial score (nSPS) is 18.9. The lowest BCUT2D eigenvalue weighted by Crippen LogP contribution is -2.40. The van der Waals surface area contributed by atoms with Crippen LogP contribution >= 0.6 is 11.8 Å². The maximum absolute atomic E-state index is 13.0. The number of nitrogens with zero attached hydrogens (tertiary/aromatic N) is 3. The number of benzene rings is 2. The first kappa shape index (κ1) is 19.2. The highest BCUT2D eigenvalue weighted by molar-refractivity contribution is 8.14. The van der Waals surface area contributed by atoms with E-state index in [9.17, 15) is 14.4 Å². The van der Waals surface area contributed by atoms with Gasteiger partial charge in [-0.15, -0.1) is 0 Å². The summed E-state index contributed by atoms with van der Waals surface area (Å²) < 4.78 is 5.22. The van der Waals surface area contributed by atoms with Crippen LogP contribution in [0.5, 0.6) is 5.75 Å². The molecule has 0 radical (unpaired) electrons. The Balaban J connectivity index is 1.63. The zero-order valence-electron chi connectivity index (χ0n) is 15.8. The van der Waals surface area contributed by atoms with Gasteiger partial charge in [0.15, 0.2) is 0 Å². The Kier molecular flexibility index (Phi) is 5.35. The molecular weight excluding hydrogens is 390 g/mol. The van der Waals surface area contributed by atoms with E-state index in [1.54, 1.807) is 7.11 Å². The molecule has 7 nitrogen and oxygen atoms in total. The number of carbonyl (C=O) groups is 3. The number of amides is 3. The molecule has 0 aliphatic carbocycles. The van der Waals surface area contributed by atoms with E-state index in [4.69, 9.17) is 4.74 Å². The lowest BCUT2D eigenvalue weighted by molar-refractivity contribution is -0.137. The molecule has 1 fully saturated rings. The SMILES string of the molecule is COc1ccc(C2CC(c3ccccc3)=NN2C(=O)CN2C(=O)CSC2=O)cc1. The van der Waals surface area contributed by atoms with E-state index in [1.165, 1.54) is 5.01 Å². The Morgan fingerprint density at radius 2 is 1.86 bits per heavy atom. The number of carbonyl (C=O) groups excluding carboxylic acids is 3. The van der Waals surface area contributed by atoms with E-state index in [2.05, 4.69) is 5.10 Å². The predicted molar refractivity (Wildman–Crippen MR) is 110 cm³/mol. The molecule has 1 unspecified atom stereocenters. The van der Waals surface area contributed by atoms with Crippen molar-refractivity contribution in [2.24, 2.45) is 5.10 Å². The van der Waals surface area contributed by atoms with Crippen molar-refractivity contribution in [1.29, 1.82) is 0 Å². The molecule has 0 saturated carbocycles. The molecule has 29 heavy (non-hydrogen) atoms. The molecule has 8 heteroatoms. The number of hydrazone groups is 1. The molecule has 2 aliphatic heterocycles. The van der Waals surface area contributed by atoms with E-state index in [0.717, 1.165) is 39.2 Å². The Labute approximate surface area is 172 Å². The van der Waals surface area contributed by atoms with Gasteiger partial charge in [0.1, 0.15) is 12.3 Å². The second-order valence-corrected chi connectivity index (χ2v) is 7.61. The first-order chi connectivity index (χ1) is 14.1. The monoisotopic (exact) mass is 409 g/mol. The van der Waals surface area contributed by atoms with Gasteiger partial charge in [0.25, 0.3) is 11.1 Å².